The van der Waals surface area contributed by atoms with E-state index in [1.54, 1.807) is 11.9 Å². The molecule has 7 nitrogen and oxygen atoms in total. The van der Waals surface area contributed by atoms with Crippen molar-refractivity contribution in [1.29, 1.82) is 0 Å². The second-order valence-corrected chi connectivity index (χ2v) is 7.98. The number of anilines is 1. The van der Waals surface area contributed by atoms with Gasteiger partial charge in [-0.1, -0.05) is 36.4 Å². The van der Waals surface area contributed by atoms with Crippen molar-refractivity contribution in [3.8, 4) is 0 Å². The standard InChI is InChI=1S/C24H28N4O3/c1-17-21(23(30)26-24(25-17)28-11-13-31-14-12-28)9-10-22(29)27(2)16-18-7-8-19-5-3-4-6-20(19)15-18/h3-8,15H,9-14,16H2,1-2H3,(H,25,26,30). The highest BCUT2D eigenvalue weighted by molar-refractivity contribution is 5.83. The van der Waals surface area contributed by atoms with Crippen molar-refractivity contribution in [1.82, 2.24) is 14.9 Å². The Morgan fingerprint density at radius 3 is 2.65 bits per heavy atom. The van der Waals surface area contributed by atoms with Gasteiger partial charge in [-0.2, -0.15) is 0 Å². The fraction of sp³-hybridized carbons (Fsp3) is 0.375. The minimum absolute atomic E-state index is 0.00390. The highest BCUT2D eigenvalue weighted by Crippen LogP contribution is 2.17. The normalized spacial score (nSPS) is 14.1. The molecule has 7 heteroatoms. The topological polar surface area (TPSA) is 78.5 Å². The van der Waals surface area contributed by atoms with Gasteiger partial charge in [0.25, 0.3) is 5.56 Å². The number of nitrogens with one attached hydrogen (secondary N) is 1. The highest BCUT2D eigenvalue weighted by Gasteiger charge is 2.17. The number of aromatic amines is 1. The molecule has 0 saturated carbocycles. The molecule has 1 saturated heterocycles. The van der Waals surface area contributed by atoms with Gasteiger partial charge < -0.3 is 14.5 Å². The molecule has 0 atom stereocenters. The molecular formula is C24H28N4O3. The molecule has 1 fully saturated rings. The Bertz CT molecular complexity index is 1140. The van der Waals surface area contributed by atoms with E-state index < -0.39 is 0 Å². The van der Waals surface area contributed by atoms with Gasteiger partial charge in [0.2, 0.25) is 11.9 Å². The number of morpholine rings is 1. The van der Waals surface area contributed by atoms with E-state index in [1.165, 1.54) is 5.39 Å². The number of aryl methyl sites for hydroxylation is 1. The van der Waals surface area contributed by atoms with Crippen LogP contribution in [0.2, 0.25) is 0 Å². The Morgan fingerprint density at radius 1 is 1.16 bits per heavy atom. The smallest absolute Gasteiger partial charge is 0.255 e. The zero-order valence-corrected chi connectivity index (χ0v) is 18.1. The summed E-state index contributed by atoms with van der Waals surface area (Å²) >= 11 is 0. The first-order valence-electron chi connectivity index (χ1n) is 10.7. The summed E-state index contributed by atoms with van der Waals surface area (Å²) < 4.78 is 5.35. The molecule has 0 spiro atoms. The molecule has 162 valence electrons. The fourth-order valence-electron chi connectivity index (χ4n) is 3.94. The SMILES string of the molecule is Cc1nc(N2CCOCC2)[nH]c(=O)c1CCC(=O)N(C)Cc1ccc2ccccc2c1. The number of ether oxygens (including phenoxy) is 1. The highest BCUT2D eigenvalue weighted by atomic mass is 16.5. The van der Waals surface area contributed by atoms with E-state index >= 15 is 0 Å². The molecule has 1 aliphatic heterocycles. The van der Waals surface area contributed by atoms with Crippen molar-refractivity contribution in [3.05, 3.63) is 69.6 Å². The van der Waals surface area contributed by atoms with Gasteiger partial charge in [0, 0.05) is 44.4 Å². The molecule has 2 aromatic carbocycles. The maximum atomic E-state index is 12.7. The summed E-state index contributed by atoms with van der Waals surface area (Å²) in [4.78, 5) is 36.5. The summed E-state index contributed by atoms with van der Waals surface area (Å²) in [6, 6.07) is 14.4. The van der Waals surface area contributed by atoms with E-state index in [0.29, 0.717) is 56.5 Å². The zero-order chi connectivity index (χ0) is 21.8. The van der Waals surface area contributed by atoms with Gasteiger partial charge in [0.1, 0.15) is 0 Å². The molecule has 0 radical (unpaired) electrons. The lowest BCUT2D eigenvalue weighted by Gasteiger charge is -2.27. The molecule has 2 heterocycles. The van der Waals surface area contributed by atoms with Gasteiger partial charge >= 0.3 is 0 Å². The summed E-state index contributed by atoms with van der Waals surface area (Å²) in [5, 5.41) is 2.34. The van der Waals surface area contributed by atoms with Crippen molar-refractivity contribution >= 4 is 22.6 Å². The number of fused-ring (bicyclic) bond motifs is 1. The van der Waals surface area contributed by atoms with Gasteiger partial charge in [-0.15, -0.1) is 0 Å². The fourth-order valence-corrected chi connectivity index (χ4v) is 3.94. The van der Waals surface area contributed by atoms with Crippen LogP contribution in [0, 0.1) is 6.92 Å². The van der Waals surface area contributed by atoms with Crippen LogP contribution in [0.5, 0.6) is 0 Å². The Balaban J connectivity index is 1.38. The van der Waals surface area contributed by atoms with Crippen LogP contribution in [-0.4, -0.2) is 54.1 Å². The number of rotatable bonds is 6. The lowest BCUT2D eigenvalue weighted by molar-refractivity contribution is -0.130. The van der Waals surface area contributed by atoms with Crippen LogP contribution in [0.3, 0.4) is 0 Å². The van der Waals surface area contributed by atoms with E-state index in [-0.39, 0.29) is 17.9 Å². The summed E-state index contributed by atoms with van der Waals surface area (Å²) in [7, 11) is 1.80. The first kappa shape index (κ1) is 21.1. The summed E-state index contributed by atoms with van der Waals surface area (Å²) in [5.41, 5.74) is 2.17. The molecule has 0 bridgehead atoms. The maximum absolute atomic E-state index is 12.7. The monoisotopic (exact) mass is 420 g/mol. The van der Waals surface area contributed by atoms with E-state index in [2.05, 4.69) is 40.3 Å². The van der Waals surface area contributed by atoms with Crippen LogP contribution in [0.25, 0.3) is 10.8 Å². The van der Waals surface area contributed by atoms with E-state index in [1.807, 2.05) is 24.0 Å². The third-order valence-electron chi connectivity index (χ3n) is 5.77. The molecule has 3 aromatic rings. The molecule has 31 heavy (non-hydrogen) atoms. The Morgan fingerprint density at radius 2 is 1.90 bits per heavy atom. The molecule has 4 rings (SSSR count). The first-order chi connectivity index (χ1) is 15.0. The molecule has 1 aliphatic rings. The van der Waals surface area contributed by atoms with Crippen LogP contribution < -0.4 is 10.5 Å². The minimum Gasteiger partial charge on any atom is -0.378 e. The third-order valence-corrected chi connectivity index (χ3v) is 5.77. The zero-order valence-electron chi connectivity index (χ0n) is 18.1. The van der Waals surface area contributed by atoms with Gasteiger partial charge in [0.05, 0.1) is 13.2 Å². The number of hydrogen-bond acceptors (Lipinski definition) is 5. The number of benzene rings is 2. The Kier molecular flexibility index (Phi) is 6.32. The van der Waals surface area contributed by atoms with Crippen molar-refractivity contribution in [3.63, 3.8) is 0 Å². The third kappa shape index (κ3) is 4.94. The predicted octanol–water partition coefficient (Wildman–Crippen LogP) is 2.66. The van der Waals surface area contributed by atoms with Gasteiger partial charge in [-0.25, -0.2) is 4.98 Å². The molecule has 1 amide bonds. The predicted molar refractivity (Wildman–Crippen MR) is 121 cm³/mol. The number of carbonyl (C=O) groups is 1. The van der Waals surface area contributed by atoms with E-state index in [0.717, 1.165) is 10.9 Å². The number of hydrogen-bond donors (Lipinski definition) is 1. The van der Waals surface area contributed by atoms with Crippen LogP contribution in [0.15, 0.2) is 47.3 Å². The van der Waals surface area contributed by atoms with Crippen LogP contribution in [0.4, 0.5) is 5.95 Å². The number of nitrogens with zero attached hydrogens (tertiary/aromatic N) is 3. The van der Waals surface area contributed by atoms with Gasteiger partial charge in [-0.05, 0) is 35.7 Å². The molecule has 0 aliphatic carbocycles. The van der Waals surface area contributed by atoms with Crippen molar-refractivity contribution in [2.24, 2.45) is 0 Å². The average Bonchev–Trinajstić information content (AvgIpc) is 2.78. The molecule has 1 N–H and O–H groups in total. The van der Waals surface area contributed by atoms with Crippen LogP contribution in [-0.2, 0) is 22.5 Å². The number of amides is 1. The average molecular weight is 421 g/mol. The summed E-state index contributed by atoms with van der Waals surface area (Å²) in [6.45, 7) is 5.04. The molecular weight excluding hydrogens is 392 g/mol. The van der Waals surface area contributed by atoms with Gasteiger partial charge in [-0.3, -0.25) is 14.6 Å². The number of aromatic nitrogens is 2. The number of carbonyl (C=O) groups excluding carboxylic acids is 1. The second-order valence-electron chi connectivity index (χ2n) is 7.98. The van der Waals surface area contributed by atoms with Crippen LogP contribution >= 0.6 is 0 Å². The maximum Gasteiger partial charge on any atom is 0.255 e. The molecule has 1 aromatic heterocycles. The Hall–Kier alpha value is -3.19. The number of H-pyrrole nitrogens is 1. The lowest BCUT2D eigenvalue weighted by Crippen LogP contribution is -2.38. The van der Waals surface area contributed by atoms with E-state index in [4.69, 9.17) is 4.74 Å². The first-order valence-corrected chi connectivity index (χ1v) is 10.7. The van der Waals surface area contributed by atoms with Crippen LogP contribution in [0.1, 0.15) is 23.2 Å². The second kappa shape index (κ2) is 9.31. The van der Waals surface area contributed by atoms with Gasteiger partial charge in [0.15, 0.2) is 0 Å². The Labute approximate surface area is 181 Å². The summed E-state index contributed by atoms with van der Waals surface area (Å²) in [6.07, 6.45) is 0.644. The van der Waals surface area contributed by atoms with Crippen molar-refractivity contribution < 1.29 is 9.53 Å². The van der Waals surface area contributed by atoms with E-state index in [9.17, 15) is 9.59 Å². The molecule has 0 unspecified atom stereocenters. The van der Waals surface area contributed by atoms with Crippen molar-refractivity contribution in [2.45, 2.75) is 26.3 Å². The quantitative estimate of drug-likeness (QED) is 0.663. The largest absolute Gasteiger partial charge is 0.378 e. The summed E-state index contributed by atoms with van der Waals surface area (Å²) in [5.74, 6) is 0.582. The van der Waals surface area contributed by atoms with Crippen molar-refractivity contribution in [2.75, 3.05) is 38.3 Å². The lowest BCUT2D eigenvalue weighted by atomic mass is 10.1. The minimum atomic E-state index is -0.168.